The van der Waals surface area contributed by atoms with E-state index in [-0.39, 0.29) is 5.75 Å². The van der Waals surface area contributed by atoms with Gasteiger partial charge in [0.2, 0.25) is 0 Å². The molecule has 0 spiro atoms. The standard InChI is InChI=1S/C12H13N3O5/c1-20-10-4-7(5-13)2-3-8(10)15-12(19)14-6-9(16)11(17)18/h2-4,9,16H,6H2,1H3,(H,17,18)(H2,14,15,19)/t9-/m0/s1. The van der Waals surface area contributed by atoms with Gasteiger partial charge < -0.3 is 25.6 Å². The van der Waals surface area contributed by atoms with Gasteiger partial charge in [-0.1, -0.05) is 0 Å². The predicted molar refractivity (Wildman–Crippen MR) is 68.4 cm³/mol. The number of carbonyl (C=O) groups is 2. The molecule has 1 rings (SSSR count). The van der Waals surface area contributed by atoms with Gasteiger partial charge >= 0.3 is 12.0 Å². The van der Waals surface area contributed by atoms with Gasteiger partial charge in [0.05, 0.1) is 31.0 Å². The van der Waals surface area contributed by atoms with Crippen LogP contribution < -0.4 is 15.4 Å². The minimum absolute atomic E-state index is 0.290. The number of rotatable bonds is 5. The van der Waals surface area contributed by atoms with E-state index in [9.17, 15) is 9.59 Å². The van der Waals surface area contributed by atoms with E-state index < -0.39 is 24.6 Å². The summed E-state index contributed by atoms with van der Waals surface area (Å²) in [6.07, 6.45) is -1.68. The second kappa shape index (κ2) is 6.96. The van der Waals surface area contributed by atoms with Gasteiger partial charge in [0, 0.05) is 6.07 Å². The Balaban J connectivity index is 2.67. The number of carbonyl (C=O) groups excluding carboxylic acids is 1. The first-order valence-corrected chi connectivity index (χ1v) is 5.51. The lowest BCUT2D eigenvalue weighted by molar-refractivity contribution is -0.146. The molecule has 2 amide bonds. The summed E-state index contributed by atoms with van der Waals surface area (Å²) in [6, 6.07) is 5.64. The number of nitriles is 1. The Bertz CT molecular complexity index is 553. The first-order chi connectivity index (χ1) is 9.47. The van der Waals surface area contributed by atoms with Crippen molar-refractivity contribution in [3.8, 4) is 11.8 Å². The fraction of sp³-hybridized carbons (Fsp3) is 0.250. The smallest absolute Gasteiger partial charge is 0.334 e. The highest BCUT2D eigenvalue weighted by Gasteiger charge is 2.15. The molecule has 0 radical (unpaired) electrons. The summed E-state index contributed by atoms with van der Waals surface area (Å²) in [4.78, 5) is 21.9. The molecule has 0 fully saturated rings. The van der Waals surface area contributed by atoms with Gasteiger partial charge in [-0.3, -0.25) is 0 Å². The molecule has 0 unspecified atom stereocenters. The maximum absolute atomic E-state index is 11.5. The van der Waals surface area contributed by atoms with E-state index in [1.807, 2.05) is 6.07 Å². The third-order valence-corrected chi connectivity index (χ3v) is 2.32. The molecule has 0 saturated carbocycles. The molecule has 1 aromatic carbocycles. The average Bonchev–Trinajstić information content (AvgIpc) is 2.44. The predicted octanol–water partition coefficient (Wildman–Crippen LogP) is 0.134. The van der Waals surface area contributed by atoms with E-state index in [1.54, 1.807) is 0 Å². The van der Waals surface area contributed by atoms with Crippen LogP contribution >= 0.6 is 0 Å². The number of nitrogens with zero attached hydrogens (tertiary/aromatic N) is 1. The van der Waals surface area contributed by atoms with Gasteiger partial charge in [0.1, 0.15) is 5.75 Å². The fourth-order valence-electron chi connectivity index (χ4n) is 1.31. The summed E-state index contributed by atoms with van der Waals surface area (Å²) in [7, 11) is 1.38. The van der Waals surface area contributed by atoms with Crippen molar-refractivity contribution in [1.82, 2.24) is 5.32 Å². The summed E-state index contributed by atoms with van der Waals surface area (Å²) in [5.74, 6) is -1.14. The molecule has 0 aliphatic carbocycles. The third-order valence-electron chi connectivity index (χ3n) is 2.32. The van der Waals surface area contributed by atoms with Crippen molar-refractivity contribution in [3.05, 3.63) is 23.8 Å². The van der Waals surface area contributed by atoms with Crippen LogP contribution in [-0.4, -0.2) is 42.0 Å². The molecule has 0 aliphatic heterocycles. The number of aliphatic carboxylic acids is 1. The van der Waals surface area contributed by atoms with E-state index in [4.69, 9.17) is 20.2 Å². The van der Waals surface area contributed by atoms with Crippen molar-refractivity contribution in [2.45, 2.75) is 6.10 Å². The Kier molecular flexibility index (Phi) is 5.31. The molecule has 0 heterocycles. The van der Waals surface area contributed by atoms with Crippen molar-refractivity contribution in [2.75, 3.05) is 19.0 Å². The van der Waals surface area contributed by atoms with Crippen LogP contribution in [0.3, 0.4) is 0 Å². The van der Waals surface area contributed by atoms with Crippen molar-refractivity contribution in [2.24, 2.45) is 0 Å². The summed E-state index contributed by atoms with van der Waals surface area (Å²) >= 11 is 0. The minimum Gasteiger partial charge on any atom is -0.495 e. The normalized spacial score (nSPS) is 11.1. The van der Waals surface area contributed by atoms with Crippen LogP contribution in [0.15, 0.2) is 18.2 Å². The number of anilines is 1. The van der Waals surface area contributed by atoms with Crippen LogP contribution in [0.2, 0.25) is 0 Å². The molecule has 0 saturated heterocycles. The number of nitrogens with one attached hydrogen (secondary N) is 2. The van der Waals surface area contributed by atoms with Crippen LogP contribution in [-0.2, 0) is 4.79 Å². The number of hydrogen-bond acceptors (Lipinski definition) is 5. The van der Waals surface area contributed by atoms with Gasteiger partial charge in [0.25, 0.3) is 0 Å². The zero-order valence-corrected chi connectivity index (χ0v) is 10.6. The number of aliphatic hydroxyl groups excluding tert-OH is 1. The number of methoxy groups -OCH3 is 1. The lowest BCUT2D eigenvalue weighted by Gasteiger charge is -2.12. The number of ether oxygens (including phenoxy) is 1. The Morgan fingerprint density at radius 3 is 2.75 bits per heavy atom. The fourth-order valence-corrected chi connectivity index (χ4v) is 1.31. The van der Waals surface area contributed by atoms with Crippen molar-refractivity contribution in [1.29, 1.82) is 5.26 Å². The molecule has 8 nitrogen and oxygen atoms in total. The molecule has 4 N–H and O–H groups in total. The van der Waals surface area contributed by atoms with E-state index in [0.717, 1.165) is 0 Å². The Labute approximate surface area is 114 Å². The van der Waals surface area contributed by atoms with E-state index >= 15 is 0 Å². The highest BCUT2D eigenvalue weighted by atomic mass is 16.5. The molecular formula is C12H13N3O5. The molecule has 0 aromatic heterocycles. The Morgan fingerprint density at radius 1 is 1.50 bits per heavy atom. The number of carboxylic acid groups (broad SMARTS) is 1. The maximum Gasteiger partial charge on any atom is 0.334 e. The second-order valence-corrected chi connectivity index (χ2v) is 3.72. The van der Waals surface area contributed by atoms with Gasteiger partial charge in [-0.2, -0.15) is 5.26 Å². The molecule has 1 atom stereocenters. The van der Waals surface area contributed by atoms with Crippen molar-refractivity contribution in [3.63, 3.8) is 0 Å². The topological polar surface area (TPSA) is 132 Å². The molecular weight excluding hydrogens is 266 g/mol. The first kappa shape index (κ1) is 15.3. The number of benzene rings is 1. The van der Waals surface area contributed by atoms with Crippen LogP contribution in [0.25, 0.3) is 0 Å². The maximum atomic E-state index is 11.5. The Morgan fingerprint density at radius 2 is 2.20 bits per heavy atom. The molecule has 1 aromatic rings. The van der Waals surface area contributed by atoms with Crippen molar-refractivity contribution < 1.29 is 24.5 Å². The van der Waals surface area contributed by atoms with E-state index in [2.05, 4.69) is 10.6 Å². The number of urea groups is 1. The van der Waals surface area contributed by atoms with E-state index in [0.29, 0.717) is 11.3 Å². The first-order valence-electron chi connectivity index (χ1n) is 5.51. The highest BCUT2D eigenvalue weighted by Crippen LogP contribution is 2.25. The zero-order chi connectivity index (χ0) is 15.1. The van der Waals surface area contributed by atoms with Crippen LogP contribution in [0.5, 0.6) is 5.75 Å². The Hall–Kier alpha value is -2.79. The summed E-state index contributed by atoms with van der Waals surface area (Å²) in [5.41, 5.74) is 0.683. The van der Waals surface area contributed by atoms with Crippen LogP contribution in [0, 0.1) is 11.3 Å². The van der Waals surface area contributed by atoms with Crippen LogP contribution in [0.1, 0.15) is 5.56 Å². The van der Waals surface area contributed by atoms with Gasteiger partial charge in [-0.25, -0.2) is 9.59 Å². The van der Waals surface area contributed by atoms with Crippen molar-refractivity contribution >= 4 is 17.7 Å². The lowest BCUT2D eigenvalue weighted by Crippen LogP contribution is -2.38. The highest BCUT2D eigenvalue weighted by molar-refractivity contribution is 5.91. The molecule has 0 aliphatic rings. The molecule has 106 valence electrons. The summed E-state index contributed by atoms with van der Waals surface area (Å²) < 4.78 is 5.02. The second-order valence-electron chi connectivity index (χ2n) is 3.72. The average molecular weight is 279 g/mol. The van der Waals surface area contributed by atoms with Crippen LogP contribution in [0.4, 0.5) is 10.5 Å². The van der Waals surface area contributed by atoms with E-state index in [1.165, 1.54) is 25.3 Å². The molecule has 8 heteroatoms. The molecule has 0 bridgehead atoms. The molecule has 20 heavy (non-hydrogen) atoms. The number of hydrogen-bond donors (Lipinski definition) is 4. The van der Waals surface area contributed by atoms with Gasteiger partial charge in [-0.05, 0) is 12.1 Å². The van der Waals surface area contributed by atoms with Gasteiger partial charge in [-0.15, -0.1) is 0 Å². The largest absolute Gasteiger partial charge is 0.495 e. The quantitative estimate of drug-likeness (QED) is 0.606. The summed E-state index contributed by atoms with van der Waals surface area (Å²) in [5, 5.41) is 30.8. The van der Waals surface area contributed by atoms with Gasteiger partial charge in [0.15, 0.2) is 6.10 Å². The minimum atomic E-state index is -1.68. The number of carboxylic acids is 1. The zero-order valence-electron chi connectivity index (χ0n) is 10.6. The SMILES string of the molecule is COc1cc(C#N)ccc1NC(=O)NC[C@H](O)C(=O)O. The summed E-state index contributed by atoms with van der Waals surface area (Å²) in [6.45, 7) is -0.431. The third kappa shape index (κ3) is 4.15. The number of amides is 2. The lowest BCUT2D eigenvalue weighted by atomic mass is 10.2. The number of aliphatic hydroxyl groups is 1. The monoisotopic (exact) mass is 279 g/mol.